The van der Waals surface area contributed by atoms with Crippen LogP contribution in [0.3, 0.4) is 0 Å². The number of aromatic carboxylic acids is 1. The van der Waals surface area contributed by atoms with Crippen LogP contribution in [0.15, 0.2) is 59.8 Å². The fourth-order valence-electron chi connectivity index (χ4n) is 4.10. The first kappa shape index (κ1) is 18.4. The van der Waals surface area contributed by atoms with Gasteiger partial charge in [0.25, 0.3) is 0 Å². The van der Waals surface area contributed by atoms with Crippen molar-refractivity contribution in [1.29, 1.82) is 0 Å². The minimum atomic E-state index is -1.10. The lowest BCUT2D eigenvalue weighted by atomic mass is 9.77. The van der Waals surface area contributed by atoms with Crippen molar-refractivity contribution >= 4 is 34.9 Å². The third kappa shape index (κ3) is 3.12. The van der Waals surface area contributed by atoms with E-state index in [2.05, 4.69) is 0 Å². The maximum Gasteiger partial charge on any atom is 0.337 e. The van der Waals surface area contributed by atoms with Crippen LogP contribution in [0.4, 0.5) is 5.69 Å². The molecular weight excluding hydrogens is 378 g/mol. The molecule has 0 spiro atoms. The van der Waals surface area contributed by atoms with Crippen molar-refractivity contribution in [3.63, 3.8) is 0 Å². The van der Waals surface area contributed by atoms with E-state index in [4.69, 9.17) is 11.6 Å². The van der Waals surface area contributed by atoms with Gasteiger partial charge in [-0.2, -0.15) is 0 Å². The molecule has 1 unspecified atom stereocenters. The molecule has 2 aromatic rings. The van der Waals surface area contributed by atoms with Gasteiger partial charge in [-0.15, -0.1) is 0 Å². The molecule has 4 rings (SSSR count). The van der Waals surface area contributed by atoms with Gasteiger partial charge in [-0.05, 0) is 42.7 Å². The Balaban J connectivity index is 1.89. The van der Waals surface area contributed by atoms with Crippen molar-refractivity contribution < 1.29 is 19.5 Å². The summed E-state index contributed by atoms with van der Waals surface area (Å²) in [6.45, 7) is 0. The lowest BCUT2D eigenvalue weighted by Gasteiger charge is -2.38. The molecule has 2 aliphatic rings. The van der Waals surface area contributed by atoms with E-state index >= 15 is 0 Å². The van der Waals surface area contributed by atoms with E-state index in [0.29, 0.717) is 41.2 Å². The van der Waals surface area contributed by atoms with Gasteiger partial charge in [0.05, 0.1) is 11.3 Å². The van der Waals surface area contributed by atoms with E-state index in [1.54, 1.807) is 30.3 Å². The van der Waals surface area contributed by atoms with E-state index in [1.165, 1.54) is 11.0 Å². The third-order valence-electron chi connectivity index (χ3n) is 5.32. The number of carbonyl (C=O) groups excluding carboxylic acids is 2. The molecular formula is C22H18ClNO4. The summed E-state index contributed by atoms with van der Waals surface area (Å²) in [6.07, 6.45) is 1.75. The molecule has 142 valence electrons. The molecule has 1 heterocycles. The highest BCUT2D eigenvalue weighted by molar-refractivity contribution is 6.30. The molecule has 1 amide bonds. The second-order valence-electron chi connectivity index (χ2n) is 7.00. The number of para-hydroxylation sites is 1. The van der Waals surface area contributed by atoms with Crippen LogP contribution in [0.25, 0.3) is 0 Å². The van der Waals surface area contributed by atoms with Crippen LogP contribution in [0.5, 0.6) is 0 Å². The topological polar surface area (TPSA) is 74.7 Å². The number of carboxylic acid groups (broad SMARTS) is 1. The van der Waals surface area contributed by atoms with Crippen LogP contribution in [0.2, 0.25) is 5.02 Å². The second kappa shape index (κ2) is 7.24. The molecule has 6 heteroatoms. The number of anilines is 1. The van der Waals surface area contributed by atoms with Crippen LogP contribution >= 0.6 is 11.6 Å². The largest absolute Gasteiger partial charge is 0.478 e. The average molecular weight is 396 g/mol. The van der Waals surface area contributed by atoms with Gasteiger partial charge in [0, 0.05) is 35.1 Å². The highest BCUT2D eigenvalue weighted by Crippen LogP contribution is 2.44. The van der Waals surface area contributed by atoms with Crippen molar-refractivity contribution in [3.05, 3.63) is 76.0 Å². The third-order valence-corrected chi connectivity index (χ3v) is 5.57. The Morgan fingerprint density at radius 1 is 1.04 bits per heavy atom. The summed E-state index contributed by atoms with van der Waals surface area (Å²) < 4.78 is 0. The molecule has 1 atom stereocenters. The van der Waals surface area contributed by atoms with Gasteiger partial charge < -0.3 is 5.11 Å². The minimum absolute atomic E-state index is 0.0199. The lowest BCUT2D eigenvalue weighted by molar-refractivity contribution is -0.119. The maximum atomic E-state index is 13.1. The SMILES string of the molecule is O=C1CCCC2=C1C(c1ccc(Cl)cc1)CC(=O)N2c1ccccc1C(=O)O. The van der Waals surface area contributed by atoms with Crippen LogP contribution in [-0.4, -0.2) is 22.8 Å². The second-order valence-corrected chi connectivity index (χ2v) is 7.43. The molecule has 1 N–H and O–H groups in total. The quantitative estimate of drug-likeness (QED) is 0.826. The zero-order valence-electron chi connectivity index (χ0n) is 15.0. The Hall–Kier alpha value is -2.92. The molecule has 0 saturated heterocycles. The van der Waals surface area contributed by atoms with Crippen molar-refractivity contribution in [2.45, 2.75) is 31.6 Å². The highest BCUT2D eigenvalue weighted by Gasteiger charge is 2.40. The zero-order chi connectivity index (χ0) is 19.8. The van der Waals surface area contributed by atoms with E-state index in [1.807, 2.05) is 12.1 Å². The summed E-state index contributed by atoms with van der Waals surface area (Å²) >= 11 is 5.99. The molecule has 28 heavy (non-hydrogen) atoms. The van der Waals surface area contributed by atoms with Crippen LogP contribution < -0.4 is 4.90 Å². The summed E-state index contributed by atoms with van der Waals surface area (Å²) in [5.41, 5.74) is 2.48. The van der Waals surface area contributed by atoms with Gasteiger partial charge in [-0.1, -0.05) is 35.9 Å². The Kier molecular flexibility index (Phi) is 4.77. The number of benzene rings is 2. The van der Waals surface area contributed by atoms with Crippen molar-refractivity contribution in [2.75, 3.05) is 4.90 Å². The number of ketones is 1. The lowest BCUT2D eigenvalue weighted by Crippen LogP contribution is -2.41. The Morgan fingerprint density at radius 3 is 2.46 bits per heavy atom. The first-order chi connectivity index (χ1) is 13.5. The number of carboxylic acids is 1. The van der Waals surface area contributed by atoms with Gasteiger partial charge in [0.2, 0.25) is 5.91 Å². The Morgan fingerprint density at radius 2 is 1.75 bits per heavy atom. The van der Waals surface area contributed by atoms with Gasteiger partial charge in [-0.3, -0.25) is 14.5 Å². The van der Waals surface area contributed by atoms with Gasteiger partial charge in [-0.25, -0.2) is 4.79 Å². The molecule has 5 nitrogen and oxygen atoms in total. The van der Waals surface area contributed by atoms with E-state index in [-0.39, 0.29) is 29.6 Å². The monoisotopic (exact) mass is 395 g/mol. The van der Waals surface area contributed by atoms with Gasteiger partial charge in [0.15, 0.2) is 5.78 Å². The van der Waals surface area contributed by atoms with Crippen molar-refractivity contribution in [3.8, 4) is 0 Å². The molecule has 0 bridgehead atoms. The normalized spacial score (nSPS) is 19.6. The van der Waals surface area contributed by atoms with Gasteiger partial charge >= 0.3 is 5.97 Å². The zero-order valence-corrected chi connectivity index (χ0v) is 15.8. The smallest absolute Gasteiger partial charge is 0.337 e. The predicted octanol–water partition coefficient (Wildman–Crippen LogP) is 4.57. The highest BCUT2D eigenvalue weighted by atomic mass is 35.5. The van der Waals surface area contributed by atoms with Crippen LogP contribution in [-0.2, 0) is 9.59 Å². The number of allylic oxidation sites excluding steroid dienone is 2. The maximum absolute atomic E-state index is 13.1. The first-order valence-electron chi connectivity index (χ1n) is 9.14. The van der Waals surface area contributed by atoms with E-state index in [9.17, 15) is 19.5 Å². The Bertz CT molecular complexity index is 1010. The molecule has 1 aliphatic carbocycles. The van der Waals surface area contributed by atoms with Crippen LogP contribution in [0, 0.1) is 0 Å². The Labute approximate surface area is 167 Å². The summed E-state index contributed by atoms with van der Waals surface area (Å²) in [5.74, 6) is -1.62. The number of halogens is 1. The molecule has 0 aromatic heterocycles. The van der Waals surface area contributed by atoms with Crippen molar-refractivity contribution in [2.24, 2.45) is 0 Å². The fourth-order valence-corrected chi connectivity index (χ4v) is 4.23. The summed E-state index contributed by atoms with van der Waals surface area (Å²) in [6, 6.07) is 13.6. The molecule has 2 aromatic carbocycles. The first-order valence-corrected chi connectivity index (χ1v) is 9.52. The van der Waals surface area contributed by atoms with Crippen molar-refractivity contribution in [1.82, 2.24) is 0 Å². The molecule has 0 fully saturated rings. The van der Waals surface area contributed by atoms with Crippen LogP contribution in [0.1, 0.15) is 47.5 Å². The standard InChI is InChI=1S/C22H18ClNO4/c23-14-10-8-13(9-11-14)16-12-20(26)24(18-6-3-7-19(25)21(16)18)17-5-2-1-4-15(17)22(27)28/h1-2,4-5,8-11,16H,3,6-7,12H2,(H,27,28). The van der Waals surface area contributed by atoms with E-state index < -0.39 is 5.97 Å². The number of nitrogens with zero attached hydrogens (tertiary/aromatic N) is 1. The molecule has 0 radical (unpaired) electrons. The number of Topliss-reactive ketones (excluding diaryl/α,β-unsaturated/α-hetero) is 1. The number of hydrogen-bond donors (Lipinski definition) is 1. The van der Waals surface area contributed by atoms with E-state index in [0.717, 1.165) is 5.56 Å². The minimum Gasteiger partial charge on any atom is -0.478 e. The molecule has 0 saturated carbocycles. The summed E-state index contributed by atoms with van der Waals surface area (Å²) in [5, 5.41) is 10.1. The number of carbonyl (C=O) groups is 3. The number of hydrogen-bond acceptors (Lipinski definition) is 3. The summed E-state index contributed by atoms with van der Waals surface area (Å²) in [7, 11) is 0. The fraction of sp³-hybridized carbons (Fsp3) is 0.227. The number of rotatable bonds is 3. The number of amides is 1. The average Bonchev–Trinajstić information content (AvgIpc) is 2.68. The summed E-state index contributed by atoms with van der Waals surface area (Å²) in [4.78, 5) is 39.1. The molecule has 1 aliphatic heterocycles. The van der Waals surface area contributed by atoms with Gasteiger partial charge in [0.1, 0.15) is 0 Å². The predicted molar refractivity (Wildman–Crippen MR) is 106 cm³/mol.